The Labute approximate surface area is 151 Å². The predicted molar refractivity (Wildman–Crippen MR) is 99.1 cm³/mol. The minimum absolute atomic E-state index is 0.206. The lowest BCUT2D eigenvalue weighted by molar-refractivity contribution is 0.146. The van der Waals surface area contributed by atoms with Crippen molar-refractivity contribution in [2.45, 2.75) is 20.0 Å². The van der Waals surface area contributed by atoms with Gasteiger partial charge in [-0.25, -0.2) is 4.68 Å². The summed E-state index contributed by atoms with van der Waals surface area (Å²) in [4.78, 5) is 17.5. The van der Waals surface area contributed by atoms with Crippen LogP contribution in [0.3, 0.4) is 0 Å². The molecule has 4 rings (SSSR count). The summed E-state index contributed by atoms with van der Waals surface area (Å²) in [6.45, 7) is 7.01. The normalized spacial score (nSPS) is 16.4. The molecular weight excluding hydrogens is 330 g/mol. The molecule has 3 aromatic rings. The van der Waals surface area contributed by atoms with E-state index in [4.69, 9.17) is 9.62 Å². The molecule has 0 spiro atoms. The molecule has 1 fully saturated rings. The lowest BCUT2D eigenvalue weighted by Gasteiger charge is -2.32. The number of likely N-dealkylation sites (N-methyl/N-ethyl adjacent to an activating group) is 1. The van der Waals surface area contributed by atoms with Gasteiger partial charge in [-0.1, -0.05) is 35.5 Å². The van der Waals surface area contributed by atoms with E-state index in [1.807, 2.05) is 37.3 Å². The van der Waals surface area contributed by atoms with E-state index < -0.39 is 0 Å². The summed E-state index contributed by atoms with van der Waals surface area (Å²) in [7, 11) is 2.14. The molecule has 0 radical (unpaired) electrons. The van der Waals surface area contributed by atoms with Gasteiger partial charge in [0.05, 0.1) is 17.6 Å². The molecule has 1 saturated heterocycles. The monoisotopic (exact) mass is 353 g/mol. The molecule has 1 aromatic carbocycles. The molecule has 0 unspecified atom stereocenters. The summed E-state index contributed by atoms with van der Waals surface area (Å²) in [5.74, 6) is 0.653. The molecule has 136 valence electrons. The van der Waals surface area contributed by atoms with Crippen LogP contribution < -0.4 is 5.56 Å². The Morgan fingerprint density at radius 1 is 1.08 bits per heavy atom. The van der Waals surface area contributed by atoms with Gasteiger partial charge in [0.2, 0.25) is 0 Å². The van der Waals surface area contributed by atoms with Crippen molar-refractivity contribution in [3.63, 3.8) is 0 Å². The van der Waals surface area contributed by atoms with Crippen LogP contribution in [0.1, 0.15) is 17.0 Å². The molecular formula is C19H23N5O2. The maximum atomic E-state index is 12.8. The van der Waals surface area contributed by atoms with Crippen LogP contribution >= 0.6 is 0 Å². The molecule has 0 N–H and O–H groups in total. The minimum atomic E-state index is -0.206. The summed E-state index contributed by atoms with van der Waals surface area (Å²) in [6, 6.07) is 9.87. The van der Waals surface area contributed by atoms with E-state index in [0.717, 1.165) is 42.8 Å². The lowest BCUT2D eigenvalue weighted by atomic mass is 10.2. The van der Waals surface area contributed by atoms with E-state index in [9.17, 15) is 4.79 Å². The highest BCUT2D eigenvalue weighted by Crippen LogP contribution is 2.20. The Morgan fingerprint density at radius 3 is 2.54 bits per heavy atom. The fourth-order valence-electron chi connectivity index (χ4n) is 3.41. The third-order valence-corrected chi connectivity index (χ3v) is 4.97. The molecule has 0 atom stereocenters. The van der Waals surface area contributed by atoms with Crippen molar-refractivity contribution in [2.24, 2.45) is 0 Å². The predicted octanol–water partition coefficient (Wildman–Crippen LogP) is 1.49. The van der Waals surface area contributed by atoms with Crippen molar-refractivity contribution in [1.82, 2.24) is 24.7 Å². The number of rotatable bonds is 4. The van der Waals surface area contributed by atoms with Crippen LogP contribution in [-0.4, -0.2) is 58.0 Å². The van der Waals surface area contributed by atoms with Crippen LogP contribution in [0, 0.1) is 6.92 Å². The van der Waals surface area contributed by atoms with Gasteiger partial charge < -0.3 is 9.42 Å². The van der Waals surface area contributed by atoms with Crippen LogP contribution in [0.25, 0.3) is 10.9 Å². The third kappa shape index (κ3) is 3.27. The third-order valence-electron chi connectivity index (χ3n) is 4.97. The summed E-state index contributed by atoms with van der Waals surface area (Å²) in [6.07, 6.45) is 0. The lowest BCUT2D eigenvalue weighted by Crippen LogP contribution is -2.44. The Balaban J connectivity index is 1.72. The average Bonchev–Trinajstić information content (AvgIpc) is 3.04. The highest BCUT2D eigenvalue weighted by Gasteiger charge is 2.21. The molecule has 1 aliphatic rings. The van der Waals surface area contributed by atoms with Gasteiger partial charge in [0.15, 0.2) is 5.52 Å². The molecule has 0 aliphatic carbocycles. The summed E-state index contributed by atoms with van der Waals surface area (Å²) < 4.78 is 6.82. The Hall–Kier alpha value is -2.51. The number of nitrogens with zero attached hydrogens (tertiary/aromatic N) is 5. The van der Waals surface area contributed by atoms with Crippen molar-refractivity contribution in [1.29, 1.82) is 0 Å². The number of hydrogen-bond acceptors (Lipinski definition) is 6. The number of hydrogen-bond donors (Lipinski definition) is 0. The molecule has 0 amide bonds. The molecule has 0 bridgehead atoms. The molecule has 3 heterocycles. The molecule has 7 heteroatoms. The van der Waals surface area contributed by atoms with Crippen molar-refractivity contribution < 1.29 is 4.52 Å². The van der Waals surface area contributed by atoms with E-state index in [1.165, 1.54) is 4.68 Å². The van der Waals surface area contributed by atoms with Gasteiger partial charge in [0, 0.05) is 32.7 Å². The van der Waals surface area contributed by atoms with Crippen LogP contribution in [0.5, 0.6) is 0 Å². The molecule has 1 aliphatic heterocycles. The highest BCUT2D eigenvalue weighted by atomic mass is 16.5. The number of piperazine rings is 1. The molecule has 0 saturated carbocycles. The van der Waals surface area contributed by atoms with Crippen LogP contribution in [0.15, 0.2) is 39.6 Å². The van der Waals surface area contributed by atoms with Gasteiger partial charge in [-0.05, 0) is 19.5 Å². The smallest absolute Gasteiger partial charge is 0.297 e. The highest BCUT2D eigenvalue weighted by molar-refractivity contribution is 5.81. The first kappa shape index (κ1) is 16.9. The number of aryl methyl sites for hydroxylation is 1. The SMILES string of the molecule is Cc1onc2c(=O)n(Cc3ccccc3)nc(CN3CCN(C)CC3)c12. The quantitative estimate of drug-likeness (QED) is 0.708. The zero-order chi connectivity index (χ0) is 18.1. The fourth-order valence-corrected chi connectivity index (χ4v) is 3.41. The van der Waals surface area contributed by atoms with Crippen LogP contribution in [0.4, 0.5) is 0 Å². The van der Waals surface area contributed by atoms with E-state index in [0.29, 0.717) is 24.4 Å². The van der Waals surface area contributed by atoms with Crippen molar-refractivity contribution in [2.75, 3.05) is 33.2 Å². The van der Waals surface area contributed by atoms with Gasteiger partial charge in [-0.2, -0.15) is 5.10 Å². The largest absolute Gasteiger partial charge is 0.360 e. The summed E-state index contributed by atoms with van der Waals surface area (Å²) in [5, 5.41) is 9.46. The molecule has 7 nitrogen and oxygen atoms in total. The van der Waals surface area contributed by atoms with E-state index >= 15 is 0 Å². The fraction of sp³-hybridized carbons (Fsp3) is 0.421. The number of fused-ring (bicyclic) bond motifs is 1. The summed E-state index contributed by atoms with van der Waals surface area (Å²) >= 11 is 0. The number of aromatic nitrogens is 3. The van der Waals surface area contributed by atoms with E-state index in [-0.39, 0.29) is 5.56 Å². The first-order chi connectivity index (χ1) is 12.6. The van der Waals surface area contributed by atoms with Gasteiger partial charge in [-0.3, -0.25) is 9.69 Å². The van der Waals surface area contributed by atoms with Gasteiger partial charge in [0.25, 0.3) is 5.56 Å². The van der Waals surface area contributed by atoms with Crippen LogP contribution in [0.2, 0.25) is 0 Å². The minimum Gasteiger partial charge on any atom is -0.360 e. The van der Waals surface area contributed by atoms with Gasteiger partial charge in [-0.15, -0.1) is 0 Å². The van der Waals surface area contributed by atoms with E-state index in [2.05, 4.69) is 22.0 Å². The van der Waals surface area contributed by atoms with Gasteiger partial charge in [0.1, 0.15) is 5.76 Å². The van der Waals surface area contributed by atoms with Crippen LogP contribution in [-0.2, 0) is 13.1 Å². The zero-order valence-corrected chi connectivity index (χ0v) is 15.2. The standard InChI is InChI=1S/C19H23N5O2/c1-14-17-16(13-23-10-8-22(2)9-11-23)20-24(19(25)18(17)21-26-14)12-15-6-4-3-5-7-15/h3-7H,8-13H2,1-2H3. The first-order valence-electron chi connectivity index (χ1n) is 8.92. The maximum Gasteiger partial charge on any atom is 0.297 e. The molecule has 26 heavy (non-hydrogen) atoms. The van der Waals surface area contributed by atoms with Crippen molar-refractivity contribution >= 4 is 10.9 Å². The maximum absolute atomic E-state index is 12.8. The second kappa shape index (κ2) is 7.01. The first-order valence-corrected chi connectivity index (χ1v) is 8.92. The van der Waals surface area contributed by atoms with Crippen molar-refractivity contribution in [3.05, 3.63) is 57.7 Å². The van der Waals surface area contributed by atoms with Gasteiger partial charge >= 0.3 is 0 Å². The molecule has 2 aromatic heterocycles. The van der Waals surface area contributed by atoms with Crippen molar-refractivity contribution in [3.8, 4) is 0 Å². The Kier molecular flexibility index (Phi) is 4.57. The second-order valence-corrected chi connectivity index (χ2v) is 6.94. The Bertz CT molecular complexity index is 955. The topological polar surface area (TPSA) is 67.4 Å². The summed E-state index contributed by atoms with van der Waals surface area (Å²) in [5.41, 5.74) is 2.06. The Morgan fingerprint density at radius 2 is 1.81 bits per heavy atom. The number of benzene rings is 1. The zero-order valence-electron chi connectivity index (χ0n) is 15.2. The van der Waals surface area contributed by atoms with E-state index in [1.54, 1.807) is 0 Å². The average molecular weight is 353 g/mol. The second-order valence-electron chi connectivity index (χ2n) is 6.94.